The first kappa shape index (κ1) is 13.1. The zero-order valence-electron chi connectivity index (χ0n) is 11.2. The van der Waals surface area contributed by atoms with Crippen LogP contribution in [0, 0.1) is 6.92 Å². The van der Waals surface area contributed by atoms with Crippen LogP contribution in [0.25, 0.3) is 11.3 Å². The van der Waals surface area contributed by atoms with E-state index in [9.17, 15) is 4.79 Å². The number of carboxylic acids is 1. The largest absolute Gasteiger partial charge is 0.496 e. The molecule has 2 aromatic rings. The van der Waals surface area contributed by atoms with E-state index in [4.69, 9.17) is 9.84 Å². The summed E-state index contributed by atoms with van der Waals surface area (Å²) in [5.41, 5.74) is 2.73. The minimum atomic E-state index is -0.967. The second kappa shape index (κ2) is 5.14. The predicted molar refractivity (Wildman–Crippen MR) is 71.6 cm³/mol. The molecule has 1 aromatic carbocycles. The minimum absolute atomic E-state index is 0.200. The van der Waals surface area contributed by atoms with E-state index < -0.39 is 5.97 Å². The molecule has 19 heavy (non-hydrogen) atoms. The number of carbonyl (C=O) groups is 1. The van der Waals surface area contributed by atoms with Crippen LogP contribution < -0.4 is 4.74 Å². The SMILES string of the molecule is CCn1nc(-c2ccc(OC)c(C)c2)cc1C(=O)O. The van der Waals surface area contributed by atoms with Crippen LogP contribution in [-0.2, 0) is 6.54 Å². The summed E-state index contributed by atoms with van der Waals surface area (Å²) in [6.07, 6.45) is 0. The molecule has 0 aliphatic carbocycles. The lowest BCUT2D eigenvalue weighted by atomic mass is 10.1. The highest BCUT2D eigenvalue weighted by Gasteiger charge is 2.14. The van der Waals surface area contributed by atoms with Crippen LogP contribution in [0.5, 0.6) is 5.75 Å². The third-order valence-electron chi connectivity index (χ3n) is 2.99. The summed E-state index contributed by atoms with van der Waals surface area (Å²) >= 11 is 0. The maximum Gasteiger partial charge on any atom is 0.354 e. The molecule has 0 saturated carbocycles. The van der Waals surface area contributed by atoms with Crippen LogP contribution >= 0.6 is 0 Å². The number of ether oxygens (including phenoxy) is 1. The predicted octanol–water partition coefficient (Wildman–Crippen LogP) is 2.59. The number of benzene rings is 1. The van der Waals surface area contributed by atoms with Crippen molar-refractivity contribution >= 4 is 5.97 Å². The molecule has 0 bridgehead atoms. The quantitative estimate of drug-likeness (QED) is 0.917. The number of hydrogen-bond donors (Lipinski definition) is 1. The molecular weight excluding hydrogens is 244 g/mol. The molecule has 2 rings (SSSR count). The zero-order valence-corrected chi connectivity index (χ0v) is 11.2. The normalized spacial score (nSPS) is 10.5. The molecule has 0 aliphatic heterocycles. The molecule has 5 nitrogen and oxygen atoms in total. The number of nitrogens with zero attached hydrogens (tertiary/aromatic N) is 2. The van der Waals surface area contributed by atoms with E-state index in [2.05, 4.69) is 5.10 Å². The van der Waals surface area contributed by atoms with Gasteiger partial charge >= 0.3 is 5.97 Å². The molecule has 0 radical (unpaired) electrons. The molecule has 1 aromatic heterocycles. The first-order valence-electron chi connectivity index (χ1n) is 6.03. The molecule has 0 unspecified atom stereocenters. The van der Waals surface area contributed by atoms with E-state index in [1.165, 1.54) is 4.68 Å². The molecule has 0 saturated heterocycles. The highest BCUT2D eigenvalue weighted by atomic mass is 16.5. The fraction of sp³-hybridized carbons (Fsp3) is 0.286. The van der Waals surface area contributed by atoms with Gasteiger partial charge in [0.15, 0.2) is 0 Å². The number of aromatic carboxylic acids is 1. The van der Waals surface area contributed by atoms with Gasteiger partial charge in [-0.25, -0.2) is 4.79 Å². The van der Waals surface area contributed by atoms with Crippen molar-refractivity contribution in [3.8, 4) is 17.0 Å². The van der Waals surface area contributed by atoms with Gasteiger partial charge < -0.3 is 9.84 Å². The van der Waals surface area contributed by atoms with Crippen molar-refractivity contribution in [2.45, 2.75) is 20.4 Å². The molecule has 5 heteroatoms. The highest BCUT2D eigenvalue weighted by molar-refractivity contribution is 5.87. The van der Waals surface area contributed by atoms with E-state index in [1.54, 1.807) is 13.2 Å². The first-order valence-corrected chi connectivity index (χ1v) is 6.03. The Morgan fingerprint density at radius 2 is 2.16 bits per heavy atom. The van der Waals surface area contributed by atoms with Gasteiger partial charge in [-0.3, -0.25) is 4.68 Å². The van der Waals surface area contributed by atoms with Crippen molar-refractivity contribution in [2.75, 3.05) is 7.11 Å². The lowest BCUT2D eigenvalue weighted by molar-refractivity contribution is 0.0683. The Morgan fingerprint density at radius 1 is 1.42 bits per heavy atom. The Balaban J connectivity index is 2.47. The van der Waals surface area contributed by atoms with Gasteiger partial charge in [-0.1, -0.05) is 0 Å². The monoisotopic (exact) mass is 260 g/mol. The second-order valence-corrected chi connectivity index (χ2v) is 4.22. The average molecular weight is 260 g/mol. The van der Waals surface area contributed by atoms with Crippen molar-refractivity contribution in [3.05, 3.63) is 35.5 Å². The fourth-order valence-electron chi connectivity index (χ4n) is 2.01. The number of aromatic nitrogens is 2. The summed E-state index contributed by atoms with van der Waals surface area (Å²) in [4.78, 5) is 11.1. The van der Waals surface area contributed by atoms with Crippen LogP contribution in [0.4, 0.5) is 0 Å². The molecule has 1 heterocycles. The number of rotatable bonds is 4. The second-order valence-electron chi connectivity index (χ2n) is 4.22. The first-order chi connectivity index (χ1) is 9.06. The summed E-state index contributed by atoms with van der Waals surface area (Å²) in [6, 6.07) is 7.26. The Labute approximate surface area is 111 Å². The van der Waals surface area contributed by atoms with Gasteiger partial charge in [0, 0.05) is 12.1 Å². The maximum absolute atomic E-state index is 11.1. The van der Waals surface area contributed by atoms with Crippen LogP contribution in [0.2, 0.25) is 0 Å². The third kappa shape index (κ3) is 2.45. The Morgan fingerprint density at radius 3 is 2.63 bits per heavy atom. The molecule has 0 aliphatic rings. The van der Waals surface area contributed by atoms with Gasteiger partial charge in [0.1, 0.15) is 11.4 Å². The smallest absolute Gasteiger partial charge is 0.354 e. The van der Waals surface area contributed by atoms with Gasteiger partial charge in [-0.2, -0.15) is 5.10 Å². The summed E-state index contributed by atoms with van der Waals surface area (Å²) in [5, 5.41) is 13.4. The van der Waals surface area contributed by atoms with Crippen molar-refractivity contribution in [3.63, 3.8) is 0 Å². The van der Waals surface area contributed by atoms with E-state index in [0.29, 0.717) is 12.2 Å². The van der Waals surface area contributed by atoms with Crippen molar-refractivity contribution in [1.29, 1.82) is 0 Å². The minimum Gasteiger partial charge on any atom is -0.496 e. The van der Waals surface area contributed by atoms with Gasteiger partial charge in [0.25, 0.3) is 0 Å². The number of carboxylic acid groups (broad SMARTS) is 1. The van der Waals surface area contributed by atoms with Crippen molar-refractivity contribution < 1.29 is 14.6 Å². The summed E-state index contributed by atoms with van der Waals surface area (Å²) in [5.74, 6) is -0.164. The summed E-state index contributed by atoms with van der Waals surface area (Å²) < 4.78 is 6.69. The van der Waals surface area contributed by atoms with Crippen LogP contribution in [-0.4, -0.2) is 28.0 Å². The molecule has 0 atom stereocenters. The third-order valence-corrected chi connectivity index (χ3v) is 2.99. The fourth-order valence-corrected chi connectivity index (χ4v) is 2.01. The number of methoxy groups -OCH3 is 1. The van der Waals surface area contributed by atoms with E-state index >= 15 is 0 Å². The molecule has 0 spiro atoms. The van der Waals surface area contributed by atoms with Crippen LogP contribution in [0.15, 0.2) is 24.3 Å². The maximum atomic E-state index is 11.1. The van der Waals surface area contributed by atoms with E-state index in [1.807, 2.05) is 32.0 Å². The lowest BCUT2D eigenvalue weighted by Crippen LogP contribution is -2.08. The van der Waals surface area contributed by atoms with Crippen molar-refractivity contribution in [2.24, 2.45) is 0 Å². The lowest BCUT2D eigenvalue weighted by Gasteiger charge is -2.05. The van der Waals surface area contributed by atoms with Gasteiger partial charge in [-0.15, -0.1) is 0 Å². The Hall–Kier alpha value is -2.30. The Bertz CT molecular complexity index is 617. The highest BCUT2D eigenvalue weighted by Crippen LogP contribution is 2.25. The molecule has 100 valence electrons. The topological polar surface area (TPSA) is 64.4 Å². The molecule has 1 N–H and O–H groups in total. The van der Waals surface area contributed by atoms with Gasteiger partial charge in [-0.05, 0) is 43.7 Å². The summed E-state index contributed by atoms with van der Waals surface area (Å²) in [7, 11) is 1.62. The van der Waals surface area contributed by atoms with E-state index in [-0.39, 0.29) is 5.69 Å². The van der Waals surface area contributed by atoms with Gasteiger partial charge in [0.2, 0.25) is 0 Å². The summed E-state index contributed by atoms with van der Waals surface area (Å²) in [6.45, 7) is 4.33. The number of aryl methyl sites for hydroxylation is 2. The van der Waals surface area contributed by atoms with Crippen LogP contribution in [0.3, 0.4) is 0 Å². The molecule has 0 fully saturated rings. The average Bonchev–Trinajstić information content (AvgIpc) is 2.83. The number of hydrogen-bond acceptors (Lipinski definition) is 3. The van der Waals surface area contributed by atoms with E-state index in [0.717, 1.165) is 16.9 Å². The Kier molecular flexibility index (Phi) is 3.55. The molecular formula is C14H16N2O3. The standard InChI is InChI=1S/C14H16N2O3/c1-4-16-12(14(17)18)8-11(15-16)10-5-6-13(19-3)9(2)7-10/h5-8H,4H2,1-3H3,(H,17,18). The zero-order chi connectivity index (χ0) is 14.0. The van der Waals surface area contributed by atoms with Crippen LogP contribution in [0.1, 0.15) is 23.0 Å². The van der Waals surface area contributed by atoms with Gasteiger partial charge in [0.05, 0.1) is 12.8 Å². The molecule has 0 amide bonds. The van der Waals surface area contributed by atoms with Crippen molar-refractivity contribution in [1.82, 2.24) is 9.78 Å².